The SMILES string of the molecule is COc1ccc(C(=O)N=Nc2c(O)n(CC3CC3)c3ccccc23)cc1OC. The third-order valence-corrected chi connectivity index (χ3v) is 4.93. The molecule has 1 heterocycles. The van der Waals surface area contributed by atoms with E-state index in [1.54, 1.807) is 18.2 Å². The highest BCUT2D eigenvalue weighted by Crippen LogP contribution is 2.42. The van der Waals surface area contributed by atoms with Crippen molar-refractivity contribution in [1.82, 2.24) is 4.57 Å². The molecule has 0 spiro atoms. The van der Waals surface area contributed by atoms with Gasteiger partial charge in [0.25, 0.3) is 5.91 Å². The second-order valence-electron chi connectivity index (χ2n) is 6.82. The molecule has 0 radical (unpaired) electrons. The number of amides is 1. The van der Waals surface area contributed by atoms with Crippen LogP contribution in [0.1, 0.15) is 23.2 Å². The Morgan fingerprint density at radius 2 is 1.89 bits per heavy atom. The van der Waals surface area contributed by atoms with E-state index in [4.69, 9.17) is 9.47 Å². The van der Waals surface area contributed by atoms with Gasteiger partial charge in [-0.3, -0.25) is 4.79 Å². The van der Waals surface area contributed by atoms with Crippen LogP contribution in [0.5, 0.6) is 17.4 Å². The van der Waals surface area contributed by atoms with Crippen molar-refractivity contribution in [2.45, 2.75) is 19.4 Å². The van der Waals surface area contributed by atoms with Gasteiger partial charge in [0.2, 0.25) is 5.88 Å². The molecule has 0 aliphatic heterocycles. The fourth-order valence-corrected chi connectivity index (χ4v) is 3.24. The van der Waals surface area contributed by atoms with Gasteiger partial charge in [-0.2, -0.15) is 0 Å². The van der Waals surface area contributed by atoms with Gasteiger partial charge in [0.15, 0.2) is 17.2 Å². The first-order valence-corrected chi connectivity index (χ1v) is 9.10. The number of hydrogen-bond acceptors (Lipinski definition) is 5. The van der Waals surface area contributed by atoms with Gasteiger partial charge < -0.3 is 19.1 Å². The number of carbonyl (C=O) groups excluding carboxylic acids is 1. The quantitative estimate of drug-likeness (QED) is 0.629. The first-order chi connectivity index (χ1) is 13.6. The number of ether oxygens (including phenoxy) is 2. The van der Waals surface area contributed by atoms with Crippen molar-refractivity contribution in [3.05, 3.63) is 48.0 Å². The Morgan fingerprint density at radius 1 is 1.14 bits per heavy atom. The van der Waals surface area contributed by atoms with Crippen LogP contribution in [0.25, 0.3) is 10.9 Å². The van der Waals surface area contributed by atoms with E-state index in [1.807, 2.05) is 28.8 Å². The summed E-state index contributed by atoms with van der Waals surface area (Å²) in [4.78, 5) is 12.5. The van der Waals surface area contributed by atoms with E-state index >= 15 is 0 Å². The maximum atomic E-state index is 12.5. The lowest BCUT2D eigenvalue weighted by Crippen LogP contribution is -1.98. The maximum Gasteiger partial charge on any atom is 0.295 e. The van der Waals surface area contributed by atoms with E-state index in [1.165, 1.54) is 27.1 Å². The van der Waals surface area contributed by atoms with Crippen molar-refractivity contribution < 1.29 is 19.4 Å². The van der Waals surface area contributed by atoms with Gasteiger partial charge in [-0.25, -0.2) is 0 Å². The van der Waals surface area contributed by atoms with E-state index < -0.39 is 5.91 Å². The van der Waals surface area contributed by atoms with Crippen molar-refractivity contribution in [2.24, 2.45) is 16.1 Å². The summed E-state index contributed by atoms with van der Waals surface area (Å²) in [5.74, 6) is 1.06. The fourth-order valence-electron chi connectivity index (χ4n) is 3.24. The lowest BCUT2D eigenvalue weighted by Gasteiger charge is -2.07. The summed E-state index contributed by atoms with van der Waals surface area (Å²) in [6.45, 7) is 0.742. The molecule has 28 heavy (non-hydrogen) atoms. The molecule has 0 bridgehead atoms. The predicted molar refractivity (Wildman–Crippen MR) is 105 cm³/mol. The topological polar surface area (TPSA) is 85.4 Å². The Balaban J connectivity index is 1.67. The molecule has 1 amide bonds. The van der Waals surface area contributed by atoms with Crippen LogP contribution in [-0.2, 0) is 6.54 Å². The van der Waals surface area contributed by atoms with Gasteiger partial charge in [-0.05, 0) is 43.0 Å². The second-order valence-corrected chi connectivity index (χ2v) is 6.82. The highest BCUT2D eigenvalue weighted by molar-refractivity contribution is 5.97. The molecule has 0 unspecified atom stereocenters. The molecule has 1 N–H and O–H groups in total. The number of methoxy groups -OCH3 is 2. The van der Waals surface area contributed by atoms with E-state index in [-0.39, 0.29) is 5.88 Å². The molecule has 0 atom stereocenters. The van der Waals surface area contributed by atoms with Gasteiger partial charge in [0.1, 0.15) is 0 Å². The van der Waals surface area contributed by atoms with Gasteiger partial charge in [-0.15, -0.1) is 10.2 Å². The van der Waals surface area contributed by atoms with Crippen LogP contribution in [0.2, 0.25) is 0 Å². The van der Waals surface area contributed by atoms with Crippen LogP contribution >= 0.6 is 0 Å². The van der Waals surface area contributed by atoms with Gasteiger partial charge in [-0.1, -0.05) is 18.2 Å². The number of benzene rings is 2. The molecular formula is C21H21N3O4. The predicted octanol–water partition coefficient (Wildman–Crippen LogP) is 4.70. The molecule has 1 aromatic heterocycles. The summed E-state index contributed by atoms with van der Waals surface area (Å²) in [7, 11) is 3.03. The minimum Gasteiger partial charge on any atom is -0.493 e. The monoisotopic (exact) mass is 379 g/mol. The zero-order valence-corrected chi connectivity index (χ0v) is 15.8. The molecule has 1 aliphatic rings. The molecule has 0 saturated heterocycles. The summed E-state index contributed by atoms with van der Waals surface area (Å²) < 4.78 is 12.2. The number of hydrogen-bond donors (Lipinski definition) is 1. The summed E-state index contributed by atoms with van der Waals surface area (Å²) >= 11 is 0. The second kappa shape index (κ2) is 7.34. The zero-order valence-electron chi connectivity index (χ0n) is 15.8. The standard InChI is InChI=1S/C21H21N3O4/c1-27-17-10-9-14(11-18(17)28-2)20(25)23-22-19-15-5-3-4-6-16(15)24(21(19)26)12-13-7-8-13/h3-6,9-11,13,26H,7-8,12H2,1-2H3. The summed E-state index contributed by atoms with van der Waals surface area (Å²) in [5.41, 5.74) is 1.52. The number of azo groups is 1. The number of fused-ring (bicyclic) bond motifs is 1. The van der Waals surface area contributed by atoms with Crippen molar-refractivity contribution in [1.29, 1.82) is 0 Å². The lowest BCUT2D eigenvalue weighted by molar-refractivity contribution is 0.0994. The molecule has 1 fully saturated rings. The number of carbonyl (C=O) groups is 1. The normalized spacial score (nSPS) is 13.9. The van der Waals surface area contributed by atoms with E-state index in [9.17, 15) is 9.90 Å². The average Bonchev–Trinajstić information content (AvgIpc) is 3.51. The largest absolute Gasteiger partial charge is 0.493 e. The minimum absolute atomic E-state index is 0.0389. The Bertz CT molecular complexity index is 1070. The van der Waals surface area contributed by atoms with E-state index in [2.05, 4.69) is 10.2 Å². The highest BCUT2D eigenvalue weighted by Gasteiger charge is 2.25. The first kappa shape index (κ1) is 18.0. The van der Waals surface area contributed by atoms with Crippen LogP contribution < -0.4 is 9.47 Å². The van der Waals surface area contributed by atoms with Gasteiger partial charge >= 0.3 is 0 Å². The van der Waals surface area contributed by atoms with Crippen molar-refractivity contribution in [3.63, 3.8) is 0 Å². The molecule has 2 aromatic carbocycles. The smallest absolute Gasteiger partial charge is 0.295 e. The van der Waals surface area contributed by atoms with Crippen molar-refractivity contribution >= 4 is 22.5 Å². The Morgan fingerprint density at radius 3 is 2.61 bits per heavy atom. The molecule has 144 valence electrons. The minimum atomic E-state index is -0.528. The maximum absolute atomic E-state index is 12.5. The first-order valence-electron chi connectivity index (χ1n) is 9.10. The molecular weight excluding hydrogens is 358 g/mol. The molecule has 1 aliphatic carbocycles. The number of rotatable bonds is 6. The van der Waals surface area contributed by atoms with Crippen LogP contribution in [0.15, 0.2) is 52.7 Å². The third kappa shape index (κ3) is 3.31. The summed E-state index contributed by atoms with van der Waals surface area (Å²) in [6, 6.07) is 12.4. The van der Waals surface area contributed by atoms with Gasteiger partial charge in [0.05, 0.1) is 19.7 Å². The molecule has 7 heteroatoms. The lowest BCUT2D eigenvalue weighted by atomic mass is 10.2. The number of aromatic nitrogens is 1. The van der Waals surface area contributed by atoms with E-state index in [0.717, 1.165) is 17.4 Å². The molecule has 7 nitrogen and oxygen atoms in total. The number of para-hydroxylation sites is 1. The Labute approximate surface area is 162 Å². The highest BCUT2D eigenvalue weighted by atomic mass is 16.5. The Hall–Kier alpha value is -3.35. The number of aromatic hydroxyl groups is 1. The van der Waals surface area contributed by atoms with Crippen LogP contribution in [0.4, 0.5) is 5.69 Å². The third-order valence-electron chi connectivity index (χ3n) is 4.93. The van der Waals surface area contributed by atoms with Gasteiger partial charge in [0, 0.05) is 17.5 Å². The van der Waals surface area contributed by atoms with Crippen LogP contribution in [-0.4, -0.2) is 29.8 Å². The fraction of sp³-hybridized carbons (Fsp3) is 0.286. The Kier molecular flexibility index (Phi) is 4.73. The average molecular weight is 379 g/mol. The van der Waals surface area contributed by atoms with E-state index in [0.29, 0.717) is 28.7 Å². The van der Waals surface area contributed by atoms with Crippen molar-refractivity contribution in [2.75, 3.05) is 14.2 Å². The molecule has 4 rings (SSSR count). The molecule has 3 aromatic rings. The van der Waals surface area contributed by atoms with Crippen LogP contribution in [0, 0.1) is 5.92 Å². The van der Waals surface area contributed by atoms with Crippen molar-refractivity contribution in [3.8, 4) is 17.4 Å². The summed E-state index contributed by atoms with van der Waals surface area (Å²) in [6.07, 6.45) is 2.33. The molecule has 1 saturated carbocycles. The van der Waals surface area contributed by atoms with Crippen LogP contribution in [0.3, 0.4) is 0 Å². The zero-order chi connectivity index (χ0) is 19.7. The summed E-state index contributed by atoms with van der Waals surface area (Å²) in [5, 5.41) is 19.4. The number of nitrogens with zero attached hydrogens (tertiary/aromatic N) is 3.